The predicted molar refractivity (Wildman–Crippen MR) is 108 cm³/mol. The van der Waals surface area contributed by atoms with E-state index in [0.29, 0.717) is 6.04 Å². The SMILES string of the molecule is O=C(NCCN1CCCCC1)c1ccc(C2CCCN2Cc2ncc[nH]2)s1. The summed E-state index contributed by atoms with van der Waals surface area (Å²) in [6, 6.07) is 4.52. The first-order chi connectivity index (χ1) is 13.3. The smallest absolute Gasteiger partial charge is 0.261 e. The number of hydrogen-bond acceptors (Lipinski definition) is 5. The second-order valence-corrected chi connectivity index (χ2v) is 8.64. The van der Waals surface area contributed by atoms with Crippen molar-refractivity contribution in [2.75, 3.05) is 32.7 Å². The largest absolute Gasteiger partial charge is 0.350 e. The van der Waals surface area contributed by atoms with E-state index in [1.165, 1.54) is 43.6 Å². The van der Waals surface area contributed by atoms with Crippen molar-refractivity contribution in [1.29, 1.82) is 0 Å². The van der Waals surface area contributed by atoms with Crippen LogP contribution in [0.1, 0.15) is 58.5 Å². The minimum absolute atomic E-state index is 0.0684. The van der Waals surface area contributed by atoms with Gasteiger partial charge in [-0.15, -0.1) is 11.3 Å². The number of amides is 1. The summed E-state index contributed by atoms with van der Waals surface area (Å²) in [4.78, 5) is 27.1. The normalized spacial score (nSPS) is 21.6. The van der Waals surface area contributed by atoms with Crippen LogP contribution in [0.15, 0.2) is 24.5 Å². The molecule has 6 nitrogen and oxygen atoms in total. The molecule has 146 valence electrons. The van der Waals surface area contributed by atoms with E-state index in [9.17, 15) is 4.79 Å². The molecule has 0 spiro atoms. The van der Waals surface area contributed by atoms with E-state index in [1.54, 1.807) is 17.5 Å². The molecule has 2 saturated heterocycles. The fourth-order valence-electron chi connectivity index (χ4n) is 4.17. The second kappa shape index (κ2) is 8.99. The lowest BCUT2D eigenvalue weighted by molar-refractivity contribution is 0.0950. The van der Waals surface area contributed by atoms with Crippen LogP contribution in [-0.2, 0) is 6.54 Å². The predicted octanol–water partition coefficient (Wildman–Crippen LogP) is 3.02. The number of imidazole rings is 1. The molecule has 0 saturated carbocycles. The topological polar surface area (TPSA) is 64.3 Å². The zero-order valence-electron chi connectivity index (χ0n) is 15.8. The first-order valence-electron chi connectivity index (χ1n) is 10.1. The Hall–Kier alpha value is -1.70. The average Bonchev–Trinajstić information content (AvgIpc) is 3.44. The highest BCUT2D eigenvalue weighted by Gasteiger charge is 2.28. The Morgan fingerprint density at radius 1 is 1.22 bits per heavy atom. The molecule has 2 aliphatic heterocycles. The van der Waals surface area contributed by atoms with E-state index in [1.807, 2.05) is 12.3 Å². The van der Waals surface area contributed by atoms with Gasteiger partial charge in [-0.1, -0.05) is 6.42 Å². The maximum absolute atomic E-state index is 12.5. The number of likely N-dealkylation sites (tertiary alicyclic amines) is 2. The monoisotopic (exact) mass is 387 g/mol. The molecule has 1 atom stereocenters. The highest BCUT2D eigenvalue weighted by molar-refractivity contribution is 7.14. The van der Waals surface area contributed by atoms with Crippen LogP contribution >= 0.6 is 11.3 Å². The summed E-state index contributed by atoms with van der Waals surface area (Å²) < 4.78 is 0. The molecule has 2 aliphatic rings. The molecule has 1 unspecified atom stereocenters. The van der Waals surface area contributed by atoms with Crippen molar-refractivity contribution in [1.82, 2.24) is 25.1 Å². The quantitative estimate of drug-likeness (QED) is 0.767. The van der Waals surface area contributed by atoms with Crippen molar-refractivity contribution in [2.24, 2.45) is 0 Å². The van der Waals surface area contributed by atoms with Gasteiger partial charge in [0.1, 0.15) is 5.82 Å². The van der Waals surface area contributed by atoms with Gasteiger partial charge in [-0.05, 0) is 57.5 Å². The molecule has 0 aliphatic carbocycles. The second-order valence-electron chi connectivity index (χ2n) is 7.52. The Morgan fingerprint density at radius 3 is 2.93 bits per heavy atom. The van der Waals surface area contributed by atoms with E-state index in [2.05, 4.69) is 31.2 Å². The van der Waals surface area contributed by atoms with Gasteiger partial charge >= 0.3 is 0 Å². The van der Waals surface area contributed by atoms with Crippen LogP contribution in [0.2, 0.25) is 0 Å². The lowest BCUT2D eigenvalue weighted by Gasteiger charge is -2.26. The van der Waals surface area contributed by atoms with Crippen molar-refractivity contribution in [2.45, 2.75) is 44.7 Å². The van der Waals surface area contributed by atoms with E-state index < -0.39 is 0 Å². The highest BCUT2D eigenvalue weighted by Crippen LogP contribution is 2.36. The number of carbonyl (C=O) groups is 1. The van der Waals surface area contributed by atoms with Crippen LogP contribution in [0, 0.1) is 0 Å². The molecular weight excluding hydrogens is 358 g/mol. The number of H-pyrrole nitrogens is 1. The number of hydrogen-bond donors (Lipinski definition) is 2. The van der Waals surface area contributed by atoms with Gasteiger partial charge in [0.05, 0.1) is 11.4 Å². The first-order valence-corrected chi connectivity index (χ1v) is 10.9. The molecule has 1 amide bonds. The van der Waals surface area contributed by atoms with Crippen molar-refractivity contribution in [3.63, 3.8) is 0 Å². The van der Waals surface area contributed by atoms with Gasteiger partial charge in [0, 0.05) is 36.4 Å². The Bertz CT molecular complexity index is 723. The van der Waals surface area contributed by atoms with Crippen LogP contribution in [0.25, 0.3) is 0 Å². The fourth-order valence-corrected chi connectivity index (χ4v) is 5.26. The number of carbonyl (C=O) groups excluding carboxylic acids is 1. The molecule has 0 aromatic carbocycles. The number of nitrogens with zero attached hydrogens (tertiary/aromatic N) is 3. The van der Waals surface area contributed by atoms with Crippen molar-refractivity contribution < 1.29 is 4.79 Å². The summed E-state index contributed by atoms with van der Waals surface area (Å²) in [5.74, 6) is 1.08. The minimum atomic E-state index is 0.0684. The number of aromatic nitrogens is 2. The van der Waals surface area contributed by atoms with E-state index in [4.69, 9.17) is 0 Å². The first kappa shape index (κ1) is 18.7. The van der Waals surface area contributed by atoms with Gasteiger partial charge in [-0.25, -0.2) is 4.98 Å². The van der Waals surface area contributed by atoms with Crippen molar-refractivity contribution >= 4 is 17.2 Å². The standard InChI is InChI=1S/C20H29N5OS/c26-20(23-10-14-24-11-2-1-3-12-24)18-7-6-17(27-18)16-5-4-13-25(16)15-19-21-8-9-22-19/h6-9,16H,1-5,10-15H2,(H,21,22)(H,23,26). The lowest BCUT2D eigenvalue weighted by Crippen LogP contribution is -2.37. The van der Waals surface area contributed by atoms with Gasteiger partial charge in [-0.3, -0.25) is 9.69 Å². The minimum Gasteiger partial charge on any atom is -0.350 e. The number of rotatable bonds is 7. The number of thiophene rings is 1. The molecule has 2 fully saturated rings. The summed E-state index contributed by atoms with van der Waals surface area (Å²) in [5.41, 5.74) is 0. The van der Waals surface area contributed by atoms with Crippen LogP contribution < -0.4 is 5.32 Å². The number of aromatic amines is 1. The third kappa shape index (κ3) is 4.78. The zero-order valence-corrected chi connectivity index (χ0v) is 16.6. The molecule has 0 radical (unpaired) electrons. The van der Waals surface area contributed by atoms with E-state index in [-0.39, 0.29) is 5.91 Å². The Kier molecular flexibility index (Phi) is 6.21. The number of nitrogens with one attached hydrogen (secondary N) is 2. The Balaban J connectivity index is 1.30. The van der Waals surface area contributed by atoms with Gasteiger partial charge in [0.25, 0.3) is 5.91 Å². The number of piperidine rings is 1. The molecular formula is C20H29N5OS. The zero-order chi connectivity index (χ0) is 18.5. The molecule has 2 N–H and O–H groups in total. The van der Waals surface area contributed by atoms with Gasteiger partial charge in [0.15, 0.2) is 0 Å². The average molecular weight is 388 g/mol. The van der Waals surface area contributed by atoms with Crippen molar-refractivity contribution in [3.8, 4) is 0 Å². The molecule has 0 bridgehead atoms. The lowest BCUT2D eigenvalue weighted by atomic mass is 10.1. The summed E-state index contributed by atoms with van der Waals surface area (Å²) in [6.07, 6.45) is 9.95. The van der Waals surface area contributed by atoms with Gasteiger partial charge < -0.3 is 15.2 Å². The Labute approximate surface area is 165 Å². The van der Waals surface area contributed by atoms with Crippen LogP contribution in [-0.4, -0.2) is 58.4 Å². The maximum Gasteiger partial charge on any atom is 0.261 e. The van der Waals surface area contributed by atoms with Crippen molar-refractivity contribution in [3.05, 3.63) is 40.1 Å². The van der Waals surface area contributed by atoms with E-state index in [0.717, 1.165) is 43.3 Å². The van der Waals surface area contributed by atoms with E-state index >= 15 is 0 Å². The molecule has 2 aromatic rings. The van der Waals surface area contributed by atoms with Gasteiger partial charge in [0.2, 0.25) is 0 Å². The van der Waals surface area contributed by atoms with Gasteiger partial charge in [-0.2, -0.15) is 0 Å². The third-order valence-corrected chi connectivity index (χ3v) is 6.80. The highest BCUT2D eigenvalue weighted by atomic mass is 32.1. The summed E-state index contributed by atoms with van der Waals surface area (Å²) >= 11 is 1.64. The molecule has 4 heterocycles. The molecule has 4 rings (SSSR count). The van der Waals surface area contributed by atoms with Crippen LogP contribution in [0.4, 0.5) is 0 Å². The third-order valence-electron chi connectivity index (χ3n) is 5.61. The summed E-state index contributed by atoms with van der Waals surface area (Å²) in [7, 11) is 0. The summed E-state index contributed by atoms with van der Waals surface area (Å²) in [5, 5.41) is 3.10. The van der Waals surface area contributed by atoms with Crippen LogP contribution in [0.3, 0.4) is 0 Å². The fraction of sp³-hybridized carbons (Fsp3) is 0.600. The summed E-state index contributed by atoms with van der Waals surface area (Å²) in [6.45, 7) is 5.97. The van der Waals surface area contributed by atoms with Crippen LogP contribution in [0.5, 0.6) is 0 Å². The molecule has 7 heteroatoms. The Morgan fingerprint density at radius 2 is 2.11 bits per heavy atom. The molecule has 2 aromatic heterocycles. The molecule has 27 heavy (non-hydrogen) atoms. The maximum atomic E-state index is 12.5.